The van der Waals surface area contributed by atoms with Gasteiger partial charge in [0.05, 0.1) is 25.3 Å². The fourth-order valence-electron chi connectivity index (χ4n) is 4.16. The van der Waals surface area contributed by atoms with Crippen molar-refractivity contribution < 1.29 is 29.0 Å². The molecule has 190 valence electrons. The molecule has 0 aliphatic heterocycles. The molecule has 0 saturated heterocycles. The van der Waals surface area contributed by atoms with Crippen LogP contribution in [0.4, 0.5) is 5.82 Å². The molecule has 1 aliphatic rings. The Balaban J connectivity index is 1.48. The van der Waals surface area contributed by atoms with Crippen molar-refractivity contribution in [1.29, 1.82) is 0 Å². The molecule has 4 rings (SSSR count). The number of hydrogen-bond acceptors (Lipinski definition) is 11. The van der Waals surface area contributed by atoms with Crippen molar-refractivity contribution >= 4 is 23.9 Å². The van der Waals surface area contributed by atoms with Gasteiger partial charge in [-0.1, -0.05) is 11.6 Å². The predicted molar refractivity (Wildman–Crippen MR) is 123 cm³/mol. The third kappa shape index (κ3) is 6.02. The number of ether oxygens (including phenoxy) is 1. The number of nitrogens with one attached hydrogen (secondary N) is 2. The van der Waals surface area contributed by atoms with Gasteiger partial charge in [-0.3, -0.25) is 4.79 Å². The smallest absolute Gasteiger partial charge is 0.294 e. The van der Waals surface area contributed by atoms with Crippen molar-refractivity contribution in [3.8, 4) is 11.6 Å². The van der Waals surface area contributed by atoms with Crippen molar-refractivity contribution in [2.24, 2.45) is 5.10 Å². The van der Waals surface area contributed by atoms with E-state index < -0.39 is 18.5 Å². The van der Waals surface area contributed by atoms with Gasteiger partial charge in [0.25, 0.3) is 5.91 Å². The number of amides is 1. The van der Waals surface area contributed by atoms with Crippen LogP contribution in [0.3, 0.4) is 0 Å². The second-order valence-electron chi connectivity index (χ2n) is 8.56. The number of hydrazone groups is 1. The molecule has 1 saturated carbocycles. The Labute approximate surface area is 206 Å². The number of aromatic nitrogens is 5. The highest BCUT2D eigenvalue weighted by Crippen LogP contribution is 2.18. The van der Waals surface area contributed by atoms with E-state index in [0.29, 0.717) is 29.6 Å². The average molecular weight is 498 g/mol. The lowest BCUT2D eigenvalue weighted by Gasteiger charge is -2.28. The number of nitrogens with two attached hydrogens (primary N) is 1. The van der Waals surface area contributed by atoms with Gasteiger partial charge in [-0.15, -0.1) is 5.10 Å². The summed E-state index contributed by atoms with van der Waals surface area (Å²) in [7, 11) is 2.08. The molecule has 1 atom stereocenters. The van der Waals surface area contributed by atoms with Crippen molar-refractivity contribution in [3.63, 3.8) is 0 Å². The number of carboxylic acids is 1. The molecule has 14 heteroatoms. The number of carbonyl (C=O) groups is 2. The number of nitrogen functional groups attached to an aromatic ring is 1. The first-order valence-corrected chi connectivity index (χ1v) is 11.5. The van der Waals surface area contributed by atoms with Gasteiger partial charge in [0, 0.05) is 0 Å². The molecular weight excluding hydrogens is 470 g/mol. The molecular formula is C22H27N9O5. The summed E-state index contributed by atoms with van der Waals surface area (Å²) < 4.78 is 11.1. The van der Waals surface area contributed by atoms with Gasteiger partial charge in [0.15, 0.2) is 5.69 Å². The van der Waals surface area contributed by atoms with Crippen LogP contribution in [0.1, 0.15) is 53.8 Å². The van der Waals surface area contributed by atoms with Crippen molar-refractivity contribution in [2.75, 3.05) is 19.4 Å². The van der Waals surface area contributed by atoms with Crippen LogP contribution in [-0.4, -0.2) is 63.1 Å². The molecule has 0 radical (unpaired) electrons. The summed E-state index contributed by atoms with van der Waals surface area (Å²) in [6.45, 7) is -0.0794. The number of carboxylic acid groups (broad SMARTS) is 1. The Bertz CT molecular complexity index is 1210. The second kappa shape index (κ2) is 11.4. The van der Waals surface area contributed by atoms with E-state index in [1.807, 2.05) is 0 Å². The molecule has 1 aromatic carbocycles. The molecule has 1 unspecified atom stereocenters. The van der Waals surface area contributed by atoms with Gasteiger partial charge in [0.2, 0.25) is 11.6 Å². The maximum Gasteiger partial charge on any atom is 0.294 e. The van der Waals surface area contributed by atoms with Gasteiger partial charge >= 0.3 is 0 Å². The number of carbonyl (C=O) groups excluding carboxylic acids is 2. The zero-order valence-electron chi connectivity index (χ0n) is 19.7. The third-order valence-electron chi connectivity index (χ3n) is 6.04. The van der Waals surface area contributed by atoms with Gasteiger partial charge in [-0.05, 0) is 65.8 Å². The first-order chi connectivity index (χ1) is 17.4. The third-order valence-corrected chi connectivity index (χ3v) is 6.04. The maximum atomic E-state index is 13.0. The predicted octanol–water partition coefficient (Wildman–Crippen LogP) is -1.53. The topological polar surface area (TPSA) is 191 Å². The Morgan fingerprint density at radius 1 is 1.28 bits per heavy atom. The monoisotopic (exact) mass is 497 g/mol. The summed E-state index contributed by atoms with van der Waals surface area (Å²) in [4.78, 5) is 24.7. The SMILES string of the molecule is C[NH+](Cc1c(C(=O)N/N=C\c2ccc(OCC(=O)[O-])cc2)nnn1-c1nonc1N)C1CCCCC1. The highest BCUT2D eigenvalue weighted by molar-refractivity contribution is 5.94. The van der Waals surface area contributed by atoms with Crippen molar-refractivity contribution in [2.45, 2.75) is 44.7 Å². The number of rotatable bonds is 10. The van der Waals surface area contributed by atoms with Crippen LogP contribution in [0.25, 0.3) is 5.82 Å². The minimum Gasteiger partial charge on any atom is -0.546 e. The number of quaternary nitrogens is 1. The Kier molecular flexibility index (Phi) is 7.85. The minimum atomic E-state index is -1.31. The van der Waals surface area contributed by atoms with Crippen molar-refractivity contribution in [3.05, 3.63) is 41.2 Å². The van der Waals surface area contributed by atoms with Gasteiger partial charge < -0.3 is 25.3 Å². The molecule has 3 aromatic rings. The van der Waals surface area contributed by atoms with Crippen LogP contribution < -0.4 is 25.9 Å². The number of aliphatic carboxylic acids is 1. The first kappa shape index (κ1) is 24.8. The lowest BCUT2D eigenvalue weighted by molar-refractivity contribution is -0.921. The molecule has 14 nitrogen and oxygen atoms in total. The van der Waals surface area contributed by atoms with Crippen molar-refractivity contribution in [1.82, 2.24) is 30.7 Å². The maximum absolute atomic E-state index is 13.0. The fourth-order valence-corrected chi connectivity index (χ4v) is 4.16. The minimum absolute atomic E-state index is 0.0356. The fraction of sp³-hybridized carbons (Fsp3) is 0.409. The Morgan fingerprint density at radius 3 is 2.69 bits per heavy atom. The highest BCUT2D eigenvalue weighted by atomic mass is 16.6. The van der Waals surface area contributed by atoms with Gasteiger partial charge in [0.1, 0.15) is 24.6 Å². The summed E-state index contributed by atoms with van der Waals surface area (Å²) >= 11 is 0. The highest BCUT2D eigenvalue weighted by Gasteiger charge is 2.29. The zero-order chi connectivity index (χ0) is 25.5. The molecule has 1 aliphatic carbocycles. The second-order valence-corrected chi connectivity index (χ2v) is 8.56. The normalized spacial score (nSPS) is 15.1. The number of nitrogens with zero attached hydrogens (tertiary/aromatic N) is 6. The van der Waals surface area contributed by atoms with E-state index >= 15 is 0 Å². The van der Waals surface area contributed by atoms with Crippen LogP contribution in [0.15, 0.2) is 34.0 Å². The van der Waals surface area contributed by atoms with Crippen LogP contribution in [0.5, 0.6) is 5.75 Å². The summed E-state index contributed by atoms with van der Waals surface area (Å²) in [5.74, 6) is -1.29. The molecule has 4 N–H and O–H groups in total. The molecule has 2 heterocycles. The summed E-state index contributed by atoms with van der Waals surface area (Å²) in [6.07, 6.45) is 7.28. The van der Waals surface area contributed by atoms with Gasteiger partial charge in [-0.2, -0.15) is 9.78 Å². The number of anilines is 1. The molecule has 36 heavy (non-hydrogen) atoms. The van der Waals surface area contributed by atoms with E-state index in [2.05, 4.69) is 38.2 Å². The van der Waals surface area contributed by atoms with E-state index in [-0.39, 0.29) is 17.3 Å². The average Bonchev–Trinajstić information content (AvgIpc) is 3.49. The van der Waals surface area contributed by atoms with Crippen LogP contribution in [-0.2, 0) is 11.3 Å². The van der Waals surface area contributed by atoms with E-state index in [0.717, 1.165) is 12.8 Å². The largest absolute Gasteiger partial charge is 0.546 e. The summed E-state index contributed by atoms with van der Waals surface area (Å²) in [5, 5.41) is 30.0. The molecule has 1 amide bonds. The van der Waals surface area contributed by atoms with E-state index in [4.69, 9.17) is 15.1 Å². The van der Waals surface area contributed by atoms with E-state index in [1.54, 1.807) is 24.3 Å². The Morgan fingerprint density at radius 2 is 2.03 bits per heavy atom. The number of benzene rings is 1. The molecule has 1 fully saturated rings. The summed E-state index contributed by atoms with van der Waals surface area (Å²) in [5.41, 5.74) is 9.59. The standard InChI is InChI=1S/C22H27N9O5/c1-30(15-5-3-2-4-6-15)12-17-19(25-29-31(17)21-20(23)27-36-28-21)22(34)26-24-11-14-7-9-16(10-8-14)35-13-18(32)33/h7-11,15H,2-6,12-13H2,1H3,(H2,23,27)(H,26,34)(H,32,33)/b24-11-. The quantitative estimate of drug-likeness (QED) is 0.219. The van der Waals surface area contributed by atoms with E-state index in [1.165, 1.54) is 35.1 Å². The number of hydrogen-bond donors (Lipinski definition) is 3. The van der Waals surface area contributed by atoms with Crippen LogP contribution in [0, 0.1) is 0 Å². The molecule has 0 spiro atoms. The zero-order valence-corrected chi connectivity index (χ0v) is 19.7. The van der Waals surface area contributed by atoms with Gasteiger partial charge in [-0.25, -0.2) is 10.1 Å². The molecule has 2 aromatic heterocycles. The summed E-state index contributed by atoms with van der Waals surface area (Å²) in [6, 6.07) is 6.93. The van der Waals surface area contributed by atoms with Crippen LogP contribution in [0.2, 0.25) is 0 Å². The first-order valence-electron chi connectivity index (χ1n) is 11.5. The van der Waals surface area contributed by atoms with E-state index in [9.17, 15) is 14.7 Å². The lowest BCUT2D eigenvalue weighted by Crippen LogP contribution is -3.11. The molecule has 0 bridgehead atoms. The Hall–Kier alpha value is -4.33. The van der Waals surface area contributed by atoms with Crippen LogP contribution >= 0.6 is 0 Å². The lowest BCUT2D eigenvalue weighted by atomic mass is 9.94.